The molecule has 0 atom stereocenters. The lowest BCUT2D eigenvalue weighted by Crippen LogP contribution is -2.14. The Morgan fingerprint density at radius 2 is 1.77 bits per heavy atom. The Kier molecular flexibility index (Phi) is 5.01. The number of imidazole rings is 1. The third-order valence-electron chi connectivity index (χ3n) is 5.01. The van der Waals surface area contributed by atoms with Crippen LogP contribution in [0.2, 0.25) is 0 Å². The fraction of sp³-hybridized carbons (Fsp3) is 0.0833. The highest BCUT2D eigenvalue weighted by Gasteiger charge is 2.10. The standard InChI is InChI=1S/C24H19N5OS/c1-16-14-27-24(31-16)28-23(30)12-17-2-4-19(5-3-17)21-15-26-22-13-20(8-11-29(21)22)18-6-9-25-10-7-18/h2-11,13-15H,12H2,1H3,(H,27,28,30). The molecular weight excluding hydrogens is 406 g/mol. The number of nitrogens with one attached hydrogen (secondary N) is 1. The third-order valence-corrected chi connectivity index (χ3v) is 5.84. The molecule has 0 spiro atoms. The van der Waals surface area contributed by atoms with Gasteiger partial charge in [-0.25, -0.2) is 9.97 Å². The van der Waals surface area contributed by atoms with Crippen molar-refractivity contribution in [1.29, 1.82) is 0 Å². The Morgan fingerprint density at radius 1 is 0.968 bits per heavy atom. The Bertz CT molecular complexity index is 1360. The minimum absolute atomic E-state index is 0.0689. The minimum atomic E-state index is -0.0689. The largest absolute Gasteiger partial charge is 0.302 e. The molecular formula is C24H19N5OS. The molecule has 0 aliphatic rings. The van der Waals surface area contributed by atoms with Crippen molar-refractivity contribution in [3.63, 3.8) is 0 Å². The molecule has 5 rings (SSSR count). The second-order valence-electron chi connectivity index (χ2n) is 7.22. The van der Waals surface area contributed by atoms with Gasteiger partial charge in [0.1, 0.15) is 5.65 Å². The maximum absolute atomic E-state index is 12.3. The van der Waals surface area contributed by atoms with Crippen molar-refractivity contribution in [2.75, 3.05) is 5.32 Å². The van der Waals surface area contributed by atoms with Crippen molar-refractivity contribution in [2.45, 2.75) is 13.3 Å². The van der Waals surface area contributed by atoms with Gasteiger partial charge < -0.3 is 5.32 Å². The molecule has 1 N–H and O–H groups in total. The molecule has 1 aromatic carbocycles. The van der Waals surface area contributed by atoms with Crippen molar-refractivity contribution >= 4 is 28.0 Å². The van der Waals surface area contributed by atoms with Gasteiger partial charge >= 0.3 is 0 Å². The number of amides is 1. The zero-order valence-electron chi connectivity index (χ0n) is 16.8. The summed E-state index contributed by atoms with van der Waals surface area (Å²) < 4.78 is 2.07. The Morgan fingerprint density at radius 3 is 2.52 bits per heavy atom. The summed E-state index contributed by atoms with van der Waals surface area (Å²) in [7, 11) is 0. The number of carbonyl (C=O) groups excluding carboxylic acids is 1. The number of fused-ring (bicyclic) bond motifs is 1. The number of nitrogens with zero attached hydrogens (tertiary/aromatic N) is 4. The number of rotatable bonds is 5. The quantitative estimate of drug-likeness (QED) is 0.430. The highest BCUT2D eigenvalue weighted by molar-refractivity contribution is 7.15. The van der Waals surface area contributed by atoms with Gasteiger partial charge in [0.25, 0.3) is 0 Å². The maximum atomic E-state index is 12.3. The normalized spacial score (nSPS) is 11.0. The maximum Gasteiger partial charge on any atom is 0.230 e. The van der Waals surface area contributed by atoms with E-state index in [1.165, 1.54) is 11.3 Å². The first-order valence-electron chi connectivity index (χ1n) is 9.85. The summed E-state index contributed by atoms with van der Waals surface area (Å²) in [6.07, 6.45) is 9.54. The molecule has 0 fully saturated rings. The summed E-state index contributed by atoms with van der Waals surface area (Å²) in [6.45, 7) is 1.96. The summed E-state index contributed by atoms with van der Waals surface area (Å²) in [5, 5.41) is 3.48. The number of thiazole rings is 1. The van der Waals surface area contributed by atoms with Gasteiger partial charge in [-0.05, 0) is 47.9 Å². The smallest absolute Gasteiger partial charge is 0.230 e. The number of benzene rings is 1. The molecule has 0 saturated heterocycles. The van der Waals surface area contributed by atoms with E-state index in [4.69, 9.17) is 0 Å². The zero-order chi connectivity index (χ0) is 21.2. The Balaban J connectivity index is 1.34. The Hall–Kier alpha value is -3.84. The average molecular weight is 426 g/mol. The molecule has 6 nitrogen and oxygen atoms in total. The van der Waals surface area contributed by atoms with Crippen LogP contribution in [-0.2, 0) is 11.2 Å². The van der Waals surface area contributed by atoms with Gasteiger partial charge in [-0.3, -0.25) is 14.2 Å². The second-order valence-corrected chi connectivity index (χ2v) is 8.46. The van der Waals surface area contributed by atoms with E-state index in [2.05, 4.69) is 36.8 Å². The number of hydrogen-bond donors (Lipinski definition) is 1. The first-order valence-corrected chi connectivity index (χ1v) is 10.7. The Labute approximate surface area is 183 Å². The van der Waals surface area contributed by atoms with Crippen molar-refractivity contribution in [3.8, 4) is 22.4 Å². The van der Waals surface area contributed by atoms with E-state index >= 15 is 0 Å². The van der Waals surface area contributed by atoms with Crippen molar-refractivity contribution in [3.05, 3.63) is 90.0 Å². The topological polar surface area (TPSA) is 72.2 Å². The summed E-state index contributed by atoms with van der Waals surface area (Å²) in [6, 6.07) is 16.1. The number of pyridine rings is 2. The van der Waals surface area contributed by atoms with E-state index in [1.54, 1.807) is 18.6 Å². The predicted molar refractivity (Wildman–Crippen MR) is 123 cm³/mol. The van der Waals surface area contributed by atoms with E-state index in [0.717, 1.165) is 38.5 Å². The van der Waals surface area contributed by atoms with E-state index in [1.807, 2.05) is 55.7 Å². The molecule has 1 amide bonds. The van der Waals surface area contributed by atoms with Crippen LogP contribution in [0, 0.1) is 6.92 Å². The lowest BCUT2D eigenvalue weighted by atomic mass is 10.1. The van der Waals surface area contributed by atoms with Crippen LogP contribution in [0.25, 0.3) is 28.0 Å². The SMILES string of the molecule is Cc1cnc(NC(=O)Cc2ccc(-c3cnc4cc(-c5ccncc5)ccn34)cc2)s1. The minimum Gasteiger partial charge on any atom is -0.302 e. The molecule has 0 saturated carbocycles. The summed E-state index contributed by atoms with van der Waals surface area (Å²) in [5.41, 5.74) is 6.09. The monoisotopic (exact) mass is 425 g/mol. The van der Waals surface area contributed by atoms with Gasteiger partial charge in [-0.1, -0.05) is 24.3 Å². The molecule has 152 valence electrons. The summed E-state index contributed by atoms with van der Waals surface area (Å²) >= 11 is 1.47. The molecule has 0 aliphatic carbocycles. The lowest BCUT2D eigenvalue weighted by molar-refractivity contribution is -0.115. The van der Waals surface area contributed by atoms with Crippen molar-refractivity contribution < 1.29 is 4.79 Å². The summed E-state index contributed by atoms with van der Waals surface area (Å²) in [5.74, 6) is -0.0689. The molecule has 0 aliphatic heterocycles. The second kappa shape index (κ2) is 8.12. The highest BCUT2D eigenvalue weighted by atomic mass is 32.1. The van der Waals surface area contributed by atoms with Crippen LogP contribution in [-0.4, -0.2) is 25.3 Å². The number of aryl methyl sites for hydroxylation is 1. The predicted octanol–water partition coefficient (Wildman–Crippen LogP) is 5.01. The summed E-state index contributed by atoms with van der Waals surface area (Å²) in [4.78, 5) is 26.2. The molecule has 4 aromatic heterocycles. The fourth-order valence-corrected chi connectivity index (χ4v) is 4.15. The molecule has 4 heterocycles. The van der Waals surface area contributed by atoms with Crippen LogP contribution in [0.15, 0.2) is 79.5 Å². The van der Waals surface area contributed by atoms with E-state index in [0.29, 0.717) is 11.6 Å². The lowest BCUT2D eigenvalue weighted by Gasteiger charge is -2.06. The molecule has 7 heteroatoms. The first kappa shape index (κ1) is 19.1. The number of aromatic nitrogens is 4. The average Bonchev–Trinajstić information content (AvgIpc) is 3.40. The van der Waals surface area contributed by atoms with Gasteiger partial charge in [-0.2, -0.15) is 0 Å². The molecule has 0 radical (unpaired) electrons. The van der Waals surface area contributed by atoms with Gasteiger partial charge in [0.2, 0.25) is 5.91 Å². The van der Waals surface area contributed by atoms with Gasteiger partial charge in [0.15, 0.2) is 5.13 Å². The van der Waals surface area contributed by atoms with Gasteiger partial charge in [0.05, 0.1) is 18.3 Å². The van der Waals surface area contributed by atoms with E-state index < -0.39 is 0 Å². The zero-order valence-corrected chi connectivity index (χ0v) is 17.6. The van der Waals surface area contributed by atoms with Crippen LogP contribution >= 0.6 is 11.3 Å². The molecule has 31 heavy (non-hydrogen) atoms. The number of carbonyl (C=O) groups is 1. The highest BCUT2D eigenvalue weighted by Crippen LogP contribution is 2.25. The van der Waals surface area contributed by atoms with E-state index in [9.17, 15) is 4.79 Å². The van der Waals surface area contributed by atoms with Gasteiger partial charge in [-0.15, -0.1) is 11.3 Å². The molecule has 0 unspecified atom stereocenters. The van der Waals surface area contributed by atoms with E-state index in [-0.39, 0.29) is 5.91 Å². The number of anilines is 1. The third kappa shape index (κ3) is 4.08. The first-order chi connectivity index (χ1) is 15.2. The van der Waals surface area contributed by atoms with Crippen LogP contribution in [0.4, 0.5) is 5.13 Å². The van der Waals surface area contributed by atoms with Crippen LogP contribution in [0.1, 0.15) is 10.4 Å². The van der Waals surface area contributed by atoms with Crippen LogP contribution in [0.5, 0.6) is 0 Å². The van der Waals surface area contributed by atoms with Crippen molar-refractivity contribution in [1.82, 2.24) is 19.4 Å². The van der Waals surface area contributed by atoms with Crippen molar-refractivity contribution in [2.24, 2.45) is 0 Å². The molecule has 0 bridgehead atoms. The van der Waals surface area contributed by atoms with Crippen LogP contribution < -0.4 is 5.32 Å². The van der Waals surface area contributed by atoms with Crippen LogP contribution in [0.3, 0.4) is 0 Å². The van der Waals surface area contributed by atoms with Gasteiger partial charge in [0, 0.05) is 35.2 Å². The number of hydrogen-bond acceptors (Lipinski definition) is 5. The molecule has 5 aromatic rings. The fourth-order valence-electron chi connectivity index (χ4n) is 3.47.